The quantitative estimate of drug-likeness (QED) is 0.637. The number of nitrogens with one attached hydrogen (secondary N) is 1. The molecular weight excluding hydrogens is 421 g/mol. The Balaban J connectivity index is 2.41. The predicted octanol–water partition coefficient (Wildman–Crippen LogP) is 2.45. The third kappa shape index (κ3) is 6.27. The molecule has 0 heterocycles. The van der Waals surface area contributed by atoms with Crippen molar-refractivity contribution >= 4 is 27.5 Å². The fraction of sp³-hybridized carbons (Fsp3) is 0.364. The Bertz CT molecular complexity index is 1040. The van der Waals surface area contributed by atoms with E-state index in [0.717, 1.165) is 27.8 Å². The number of carbonyl (C=O) groups is 2. The molecule has 0 unspecified atom stereocenters. The van der Waals surface area contributed by atoms with Crippen LogP contribution in [0.4, 0.5) is 10.1 Å². The van der Waals surface area contributed by atoms with Crippen molar-refractivity contribution in [3.05, 3.63) is 65.5 Å². The number of aryl methyl sites for hydroxylation is 1. The van der Waals surface area contributed by atoms with Crippen LogP contribution in [0, 0.1) is 12.7 Å². The van der Waals surface area contributed by atoms with Gasteiger partial charge in [-0.25, -0.2) is 12.8 Å². The van der Waals surface area contributed by atoms with Gasteiger partial charge in [0.1, 0.15) is 18.4 Å². The van der Waals surface area contributed by atoms with Gasteiger partial charge in [0.15, 0.2) is 0 Å². The van der Waals surface area contributed by atoms with Gasteiger partial charge in [0, 0.05) is 13.1 Å². The first-order valence-electron chi connectivity index (χ1n) is 9.90. The van der Waals surface area contributed by atoms with E-state index in [-0.39, 0.29) is 18.1 Å². The van der Waals surface area contributed by atoms with Crippen LogP contribution in [0.5, 0.6) is 0 Å². The van der Waals surface area contributed by atoms with Crippen LogP contribution < -0.4 is 9.62 Å². The summed E-state index contributed by atoms with van der Waals surface area (Å²) in [7, 11) is -3.96. The van der Waals surface area contributed by atoms with Gasteiger partial charge < -0.3 is 10.2 Å². The van der Waals surface area contributed by atoms with Crippen LogP contribution >= 0.6 is 0 Å². The zero-order valence-corrected chi connectivity index (χ0v) is 18.9. The maximum atomic E-state index is 14.3. The van der Waals surface area contributed by atoms with E-state index in [1.807, 2.05) is 31.2 Å². The minimum Gasteiger partial charge on any atom is -0.355 e. The normalized spacial score (nSPS) is 12.2. The summed E-state index contributed by atoms with van der Waals surface area (Å²) in [4.78, 5) is 27.1. The Hall–Kier alpha value is -2.94. The Morgan fingerprint density at radius 1 is 1.10 bits per heavy atom. The lowest BCUT2D eigenvalue weighted by atomic mass is 10.1. The van der Waals surface area contributed by atoms with Crippen molar-refractivity contribution in [3.63, 3.8) is 0 Å². The molecule has 7 nitrogen and oxygen atoms in total. The molecule has 0 spiro atoms. The number of benzene rings is 2. The number of anilines is 1. The molecule has 2 aromatic rings. The maximum absolute atomic E-state index is 14.3. The van der Waals surface area contributed by atoms with E-state index in [0.29, 0.717) is 6.54 Å². The highest BCUT2D eigenvalue weighted by atomic mass is 32.2. The van der Waals surface area contributed by atoms with Gasteiger partial charge in [0.05, 0.1) is 11.9 Å². The average molecular weight is 450 g/mol. The summed E-state index contributed by atoms with van der Waals surface area (Å²) in [5.74, 6) is -1.74. The summed E-state index contributed by atoms with van der Waals surface area (Å²) in [6.07, 6.45) is 0.908. The van der Waals surface area contributed by atoms with E-state index in [9.17, 15) is 22.4 Å². The van der Waals surface area contributed by atoms with Crippen molar-refractivity contribution in [2.75, 3.05) is 23.7 Å². The van der Waals surface area contributed by atoms with Crippen LogP contribution in [0.25, 0.3) is 0 Å². The van der Waals surface area contributed by atoms with Crippen LogP contribution in [-0.2, 0) is 26.2 Å². The Morgan fingerprint density at radius 3 is 2.29 bits per heavy atom. The van der Waals surface area contributed by atoms with Gasteiger partial charge in [0.2, 0.25) is 21.8 Å². The second-order valence-electron chi connectivity index (χ2n) is 7.24. The zero-order valence-electron chi connectivity index (χ0n) is 18.1. The monoisotopic (exact) mass is 449 g/mol. The minimum atomic E-state index is -3.96. The SMILES string of the molecule is CCNC(=O)[C@H](C)N(Cc1ccccc1C)C(=O)CN(c1ccccc1F)S(C)(=O)=O. The number of carbonyl (C=O) groups excluding carboxylic acids is 2. The summed E-state index contributed by atoms with van der Waals surface area (Å²) >= 11 is 0. The Labute approximate surface area is 182 Å². The molecule has 168 valence electrons. The summed E-state index contributed by atoms with van der Waals surface area (Å²) in [6, 6.07) is 11.9. The molecule has 9 heteroatoms. The second-order valence-corrected chi connectivity index (χ2v) is 9.15. The average Bonchev–Trinajstić information content (AvgIpc) is 2.71. The molecule has 31 heavy (non-hydrogen) atoms. The summed E-state index contributed by atoms with van der Waals surface area (Å²) in [5, 5.41) is 2.68. The maximum Gasteiger partial charge on any atom is 0.244 e. The summed E-state index contributed by atoms with van der Waals surface area (Å²) < 4.78 is 39.8. The van der Waals surface area contributed by atoms with Crippen molar-refractivity contribution in [1.82, 2.24) is 10.2 Å². The van der Waals surface area contributed by atoms with Crippen LogP contribution in [-0.4, -0.2) is 50.5 Å². The highest BCUT2D eigenvalue weighted by molar-refractivity contribution is 7.92. The van der Waals surface area contributed by atoms with Crippen molar-refractivity contribution in [2.45, 2.75) is 33.4 Å². The fourth-order valence-electron chi connectivity index (χ4n) is 3.12. The van der Waals surface area contributed by atoms with Crippen LogP contribution in [0.1, 0.15) is 25.0 Å². The van der Waals surface area contributed by atoms with Gasteiger partial charge >= 0.3 is 0 Å². The molecule has 0 aliphatic rings. The molecule has 0 saturated heterocycles. The van der Waals surface area contributed by atoms with Crippen LogP contribution in [0.15, 0.2) is 48.5 Å². The van der Waals surface area contributed by atoms with E-state index >= 15 is 0 Å². The lowest BCUT2D eigenvalue weighted by Gasteiger charge is -2.31. The number of sulfonamides is 1. The van der Waals surface area contributed by atoms with Crippen molar-refractivity contribution in [2.24, 2.45) is 0 Å². The first kappa shape index (κ1) is 24.3. The third-order valence-electron chi connectivity index (χ3n) is 4.92. The number of likely N-dealkylation sites (N-methyl/N-ethyl adjacent to an activating group) is 1. The van der Waals surface area contributed by atoms with E-state index in [2.05, 4.69) is 5.32 Å². The van der Waals surface area contributed by atoms with E-state index in [1.165, 1.54) is 23.1 Å². The molecule has 1 N–H and O–H groups in total. The smallest absolute Gasteiger partial charge is 0.244 e. The summed E-state index contributed by atoms with van der Waals surface area (Å²) in [6.45, 7) is 5.10. The molecular formula is C22H28FN3O4S. The Kier molecular flexibility index (Phi) is 8.15. The molecule has 0 saturated carbocycles. The number of hydrogen-bond donors (Lipinski definition) is 1. The zero-order chi connectivity index (χ0) is 23.2. The number of para-hydroxylation sites is 1. The van der Waals surface area contributed by atoms with Crippen molar-refractivity contribution < 1.29 is 22.4 Å². The van der Waals surface area contributed by atoms with E-state index < -0.39 is 34.3 Å². The largest absolute Gasteiger partial charge is 0.355 e. The number of halogens is 1. The lowest BCUT2D eigenvalue weighted by Crippen LogP contribution is -2.51. The number of amides is 2. The minimum absolute atomic E-state index is 0.110. The molecule has 1 atom stereocenters. The molecule has 0 aromatic heterocycles. The lowest BCUT2D eigenvalue weighted by molar-refractivity contribution is -0.139. The van der Waals surface area contributed by atoms with Gasteiger partial charge in [-0.05, 0) is 44.0 Å². The standard InChI is InChI=1S/C22H28FN3O4S/c1-5-24-22(28)17(3)25(14-18-11-7-6-10-16(18)2)21(27)15-26(31(4,29)30)20-13-9-8-12-19(20)23/h6-13,17H,5,14-15H2,1-4H3,(H,24,28)/t17-/m0/s1. The van der Waals surface area contributed by atoms with E-state index in [4.69, 9.17) is 0 Å². The first-order valence-corrected chi connectivity index (χ1v) is 11.7. The number of nitrogens with zero attached hydrogens (tertiary/aromatic N) is 2. The first-order chi connectivity index (χ1) is 14.6. The molecule has 2 rings (SSSR count). The van der Waals surface area contributed by atoms with Gasteiger partial charge in [-0.2, -0.15) is 0 Å². The van der Waals surface area contributed by atoms with Gasteiger partial charge in [-0.1, -0.05) is 36.4 Å². The van der Waals surface area contributed by atoms with E-state index in [1.54, 1.807) is 13.8 Å². The fourth-order valence-corrected chi connectivity index (χ4v) is 3.97. The highest BCUT2D eigenvalue weighted by Crippen LogP contribution is 2.22. The van der Waals surface area contributed by atoms with Gasteiger partial charge in [-0.15, -0.1) is 0 Å². The topological polar surface area (TPSA) is 86.8 Å². The molecule has 2 aromatic carbocycles. The Morgan fingerprint density at radius 2 is 1.71 bits per heavy atom. The molecule has 0 aliphatic heterocycles. The van der Waals surface area contributed by atoms with Crippen LogP contribution in [0.2, 0.25) is 0 Å². The number of hydrogen-bond acceptors (Lipinski definition) is 4. The molecule has 0 radical (unpaired) electrons. The molecule has 2 amide bonds. The van der Waals surface area contributed by atoms with Crippen LogP contribution in [0.3, 0.4) is 0 Å². The predicted molar refractivity (Wildman–Crippen MR) is 118 cm³/mol. The third-order valence-corrected chi connectivity index (χ3v) is 6.05. The van der Waals surface area contributed by atoms with Gasteiger partial charge in [-0.3, -0.25) is 13.9 Å². The highest BCUT2D eigenvalue weighted by Gasteiger charge is 2.30. The number of rotatable bonds is 9. The second kappa shape index (κ2) is 10.4. The van der Waals surface area contributed by atoms with Crippen molar-refractivity contribution in [1.29, 1.82) is 0 Å². The molecule has 0 bridgehead atoms. The molecule has 0 fully saturated rings. The summed E-state index contributed by atoms with van der Waals surface area (Å²) in [5.41, 5.74) is 1.53. The van der Waals surface area contributed by atoms with Crippen molar-refractivity contribution in [3.8, 4) is 0 Å². The molecule has 0 aliphatic carbocycles. The van der Waals surface area contributed by atoms with Gasteiger partial charge in [0.25, 0.3) is 0 Å².